The van der Waals surface area contributed by atoms with E-state index in [0.29, 0.717) is 26.9 Å². The van der Waals surface area contributed by atoms with E-state index in [9.17, 15) is 9.50 Å². The molecule has 0 aliphatic rings. The summed E-state index contributed by atoms with van der Waals surface area (Å²) in [7, 11) is 1.56. The standard InChI is InChI=1S/C20H17Cl2FN2O2.2ClH/c1-27-14-4-2-3-11(7-14)13-9-17(23)19(25-10-13)20(26)18(24)12-5-6-15(21)16(22)8-12;;/h2-10,18,20,26H,24H2,1H3;2*1H/t18-,20+;;/m1../s1. The number of nitrogens with zero attached hydrogens (tertiary/aromatic N) is 1. The summed E-state index contributed by atoms with van der Waals surface area (Å²) in [6.45, 7) is 0. The highest BCUT2D eigenvalue weighted by molar-refractivity contribution is 6.42. The van der Waals surface area contributed by atoms with Gasteiger partial charge >= 0.3 is 0 Å². The van der Waals surface area contributed by atoms with Gasteiger partial charge < -0.3 is 15.6 Å². The third kappa shape index (κ3) is 5.72. The van der Waals surface area contributed by atoms with Crippen molar-refractivity contribution in [2.75, 3.05) is 7.11 Å². The van der Waals surface area contributed by atoms with Crippen LogP contribution in [0.25, 0.3) is 11.1 Å². The Kier molecular flexibility index (Phi) is 9.62. The number of aliphatic hydroxyl groups excluding tert-OH is 1. The Morgan fingerprint density at radius 2 is 1.76 bits per heavy atom. The average molecular weight is 480 g/mol. The van der Waals surface area contributed by atoms with Crippen LogP contribution in [0.15, 0.2) is 54.7 Å². The van der Waals surface area contributed by atoms with E-state index in [2.05, 4.69) is 4.98 Å². The van der Waals surface area contributed by atoms with Gasteiger partial charge in [-0.15, -0.1) is 24.8 Å². The summed E-state index contributed by atoms with van der Waals surface area (Å²) in [5.41, 5.74) is 7.76. The van der Waals surface area contributed by atoms with Crippen LogP contribution in [-0.4, -0.2) is 17.2 Å². The van der Waals surface area contributed by atoms with Crippen LogP contribution in [0, 0.1) is 5.82 Å². The molecule has 156 valence electrons. The van der Waals surface area contributed by atoms with Crippen molar-refractivity contribution >= 4 is 48.0 Å². The van der Waals surface area contributed by atoms with Gasteiger partial charge in [0, 0.05) is 11.8 Å². The number of aliphatic hydroxyl groups is 1. The lowest BCUT2D eigenvalue weighted by molar-refractivity contribution is 0.137. The van der Waals surface area contributed by atoms with Gasteiger partial charge in [-0.25, -0.2) is 4.39 Å². The number of hydrogen-bond acceptors (Lipinski definition) is 4. The summed E-state index contributed by atoms with van der Waals surface area (Å²) < 4.78 is 19.8. The number of ether oxygens (including phenoxy) is 1. The van der Waals surface area contributed by atoms with Crippen LogP contribution >= 0.6 is 48.0 Å². The molecule has 3 aromatic rings. The van der Waals surface area contributed by atoms with Gasteiger partial charge in [0.1, 0.15) is 23.4 Å². The van der Waals surface area contributed by atoms with Gasteiger partial charge in [0.15, 0.2) is 0 Å². The lowest BCUT2D eigenvalue weighted by Crippen LogP contribution is -2.21. The van der Waals surface area contributed by atoms with Crippen LogP contribution in [0.2, 0.25) is 10.0 Å². The second kappa shape index (κ2) is 11.0. The van der Waals surface area contributed by atoms with E-state index in [0.717, 1.165) is 5.56 Å². The zero-order valence-corrected chi connectivity index (χ0v) is 18.3. The number of aromatic nitrogens is 1. The first-order chi connectivity index (χ1) is 12.9. The Labute approximate surface area is 190 Å². The van der Waals surface area contributed by atoms with E-state index in [1.165, 1.54) is 12.3 Å². The highest BCUT2D eigenvalue weighted by Crippen LogP contribution is 2.32. The summed E-state index contributed by atoms with van der Waals surface area (Å²) in [6, 6.07) is 12.3. The molecule has 2 aromatic carbocycles. The van der Waals surface area contributed by atoms with E-state index in [1.54, 1.807) is 43.5 Å². The first-order valence-corrected chi connectivity index (χ1v) is 8.84. The van der Waals surface area contributed by atoms with Crippen LogP contribution in [-0.2, 0) is 0 Å². The maximum absolute atomic E-state index is 14.6. The zero-order valence-electron chi connectivity index (χ0n) is 15.2. The molecule has 29 heavy (non-hydrogen) atoms. The number of rotatable bonds is 5. The normalized spacial score (nSPS) is 12.3. The number of halogens is 5. The van der Waals surface area contributed by atoms with Crippen molar-refractivity contribution in [2.45, 2.75) is 12.1 Å². The van der Waals surface area contributed by atoms with Gasteiger partial charge in [0.05, 0.1) is 23.2 Å². The summed E-state index contributed by atoms with van der Waals surface area (Å²) in [5, 5.41) is 11.2. The number of methoxy groups -OCH3 is 1. The Hall–Kier alpha value is -1.60. The highest BCUT2D eigenvalue weighted by atomic mass is 35.5. The van der Waals surface area contributed by atoms with E-state index < -0.39 is 18.0 Å². The molecular weight excluding hydrogens is 461 g/mol. The van der Waals surface area contributed by atoms with Crippen LogP contribution in [0.1, 0.15) is 23.4 Å². The first kappa shape index (κ1) is 25.4. The lowest BCUT2D eigenvalue weighted by Gasteiger charge is -2.20. The van der Waals surface area contributed by atoms with E-state index in [1.807, 2.05) is 6.07 Å². The fraction of sp³-hybridized carbons (Fsp3) is 0.150. The molecule has 0 saturated heterocycles. The van der Waals surface area contributed by atoms with E-state index in [4.69, 9.17) is 33.7 Å². The Bertz CT molecular complexity index is 975. The minimum atomic E-state index is -1.35. The summed E-state index contributed by atoms with van der Waals surface area (Å²) in [4.78, 5) is 4.09. The van der Waals surface area contributed by atoms with Gasteiger partial charge in [0.25, 0.3) is 0 Å². The number of nitrogens with two attached hydrogens (primary N) is 1. The van der Waals surface area contributed by atoms with Crippen LogP contribution in [0.5, 0.6) is 5.75 Å². The summed E-state index contributed by atoms with van der Waals surface area (Å²) >= 11 is 11.9. The van der Waals surface area contributed by atoms with Gasteiger partial charge in [0.2, 0.25) is 0 Å². The molecule has 4 nitrogen and oxygen atoms in total. The molecule has 3 rings (SSSR count). The molecular formula is C20H19Cl4FN2O2. The number of pyridine rings is 1. The van der Waals surface area contributed by atoms with Crippen molar-refractivity contribution in [1.82, 2.24) is 4.98 Å². The summed E-state index contributed by atoms with van der Waals surface area (Å²) in [5.74, 6) is -0.00279. The van der Waals surface area contributed by atoms with Crippen molar-refractivity contribution < 1.29 is 14.2 Å². The molecule has 3 N–H and O–H groups in total. The van der Waals surface area contributed by atoms with Gasteiger partial charge in [-0.05, 0) is 41.5 Å². The molecule has 0 saturated carbocycles. The second-order valence-electron chi connectivity index (χ2n) is 5.97. The van der Waals surface area contributed by atoms with Gasteiger partial charge in [-0.2, -0.15) is 0 Å². The average Bonchev–Trinajstić information content (AvgIpc) is 2.69. The zero-order chi connectivity index (χ0) is 19.6. The molecule has 1 heterocycles. The minimum Gasteiger partial charge on any atom is -0.497 e. The first-order valence-electron chi connectivity index (χ1n) is 8.09. The van der Waals surface area contributed by atoms with Gasteiger partial charge in [-0.3, -0.25) is 4.98 Å². The molecule has 0 amide bonds. The van der Waals surface area contributed by atoms with Crippen LogP contribution in [0.4, 0.5) is 4.39 Å². The Balaban J connectivity index is 0.00000210. The molecule has 0 aliphatic heterocycles. The van der Waals surface area contributed by atoms with Gasteiger partial charge in [-0.1, -0.05) is 41.4 Å². The predicted molar refractivity (Wildman–Crippen MR) is 119 cm³/mol. The second-order valence-corrected chi connectivity index (χ2v) is 6.78. The molecule has 0 unspecified atom stereocenters. The highest BCUT2D eigenvalue weighted by Gasteiger charge is 2.24. The lowest BCUT2D eigenvalue weighted by atomic mass is 9.98. The predicted octanol–water partition coefficient (Wildman–Crippen LogP) is 5.78. The van der Waals surface area contributed by atoms with Crippen LogP contribution in [0.3, 0.4) is 0 Å². The number of hydrogen-bond donors (Lipinski definition) is 2. The molecule has 0 bridgehead atoms. The van der Waals surface area contributed by atoms with Crippen LogP contribution < -0.4 is 10.5 Å². The van der Waals surface area contributed by atoms with Crippen molar-refractivity contribution in [3.8, 4) is 16.9 Å². The molecule has 0 spiro atoms. The molecule has 2 atom stereocenters. The third-order valence-electron chi connectivity index (χ3n) is 4.22. The maximum Gasteiger partial charge on any atom is 0.148 e. The monoisotopic (exact) mass is 478 g/mol. The minimum absolute atomic E-state index is 0. The fourth-order valence-corrected chi connectivity index (χ4v) is 3.01. The quantitative estimate of drug-likeness (QED) is 0.486. The molecule has 9 heteroatoms. The van der Waals surface area contributed by atoms with Crippen molar-refractivity contribution in [2.24, 2.45) is 5.73 Å². The van der Waals surface area contributed by atoms with E-state index in [-0.39, 0.29) is 30.5 Å². The van der Waals surface area contributed by atoms with Crippen molar-refractivity contribution in [1.29, 1.82) is 0 Å². The third-order valence-corrected chi connectivity index (χ3v) is 4.96. The van der Waals surface area contributed by atoms with E-state index >= 15 is 0 Å². The SMILES string of the molecule is COc1cccc(-c2cnc([C@@H](O)[C@H](N)c3ccc(Cl)c(Cl)c3)c(F)c2)c1.Cl.Cl. The van der Waals surface area contributed by atoms with Crippen molar-refractivity contribution in [3.63, 3.8) is 0 Å². The fourth-order valence-electron chi connectivity index (χ4n) is 2.70. The topological polar surface area (TPSA) is 68.4 Å². The molecule has 0 fully saturated rings. The number of benzene rings is 2. The Morgan fingerprint density at radius 3 is 2.38 bits per heavy atom. The molecule has 0 aliphatic carbocycles. The maximum atomic E-state index is 14.6. The molecule has 1 aromatic heterocycles. The Morgan fingerprint density at radius 1 is 1.03 bits per heavy atom. The van der Waals surface area contributed by atoms with Crippen molar-refractivity contribution in [3.05, 3.63) is 81.8 Å². The smallest absolute Gasteiger partial charge is 0.148 e. The largest absolute Gasteiger partial charge is 0.497 e. The molecule has 0 radical (unpaired) electrons. The summed E-state index contributed by atoms with van der Waals surface area (Å²) in [6.07, 6.45) is 0.138.